The van der Waals surface area contributed by atoms with Crippen LogP contribution in [0.5, 0.6) is 5.75 Å². The van der Waals surface area contributed by atoms with E-state index in [1.54, 1.807) is 20.8 Å². The minimum absolute atomic E-state index is 0.0995. The van der Waals surface area contributed by atoms with Crippen LogP contribution in [0.3, 0.4) is 0 Å². The Hall–Kier alpha value is -1.19. The van der Waals surface area contributed by atoms with E-state index in [0.717, 1.165) is 0 Å². The molecule has 0 amide bonds. The van der Waals surface area contributed by atoms with Crippen molar-refractivity contribution in [1.29, 1.82) is 0 Å². The lowest BCUT2D eigenvalue weighted by Crippen LogP contribution is -2.17. The second-order valence-corrected chi connectivity index (χ2v) is 4.24. The number of benzene rings is 1. The number of halogens is 3. The maximum atomic E-state index is 13.5. The Morgan fingerprint density at radius 2 is 1.80 bits per heavy atom. The Labute approximate surface area is 86.9 Å². The molecule has 1 nitrogen and oxygen atoms in total. The second kappa shape index (κ2) is 4.13. The van der Waals surface area contributed by atoms with Crippen LogP contribution in [-0.4, -0.2) is 6.61 Å². The Kier molecular flexibility index (Phi) is 3.27. The maximum absolute atomic E-state index is 13.5. The molecule has 0 bridgehead atoms. The third kappa shape index (κ3) is 2.88. The zero-order valence-corrected chi connectivity index (χ0v) is 8.85. The molecule has 0 saturated heterocycles. The Balaban J connectivity index is 3.21. The van der Waals surface area contributed by atoms with Gasteiger partial charge in [-0.05, 0) is 17.5 Å². The lowest BCUT2D eigenvalue weighted by atomic mass is 9.86. The van der Waals surface area contributed by atoms with E-state index in [-0.39, 0.29) is 11.3 Å². The minimum atomic E-state index is -2.94. The van der Waals surface area contributed by atoms with Crippen LogP contribution in [0, 0.1) is 5.82 Å². The van der Waals surface area contributed by atoms with E-state index in [0.29, 0.717) is 0 Å². The molecule has 1 aromatic rings. The van der Waals surface area contributed by atoms with Crippen molar-refractivity contribution >= 4 is 0 Å². The fourth-order valence-electron chi connectivity index (χ4n) is 1.43. The third-order valence-electron chi connectivity index (χ3n) is 1.94. The highest BCUT2D eigenvalue weighted by molar-refractivity contribution is 5.39. The van der Waals surface area contributed by atoms with Crippen LogP contribution in [0.25, 0.3) is 0 Å². The smallest absolute Gasteiger partial charge is 0.387 e. The standard InChI is InChI=1S/C11H13F3O/c1-11(2,3)9-7(12)5-4-6-8(9)15-10(13)14/h4-6,10H,1-3H3. The van der Waals surface area contributed by atoms with Gasteiger partial charge in [-0.25, -0.2) is 4.39 Å². The molecule has 15 heavy (non-hydrogen) atoms. The molecule has 1 rings (SSSR count). The average molecular weight is 218 g/mol. The van der Waals surface area contributed by atoms with Crippen molar-refractivity contribution in [2.45, 2.75) is 32.8 Å². The van der Waals surface area contributed by atoms with Gasteiger partial charge in [0.05, 0.1) is 0 Å². The summed E-state index contributed by atoms with van der Waals surface area (Å²) in [6, 6.07) is 3.93. The largest absolute Gasteiger partial charge is 0.434 e. The van der Waals surface area contributed by atoms with Gasteiger partial charge in [0.1, 0.15) is 11.6 Å². The highest BCUT2D eigenvalue weighted by Crippen LogP contribution is 2.34. The molecule has 1 aromatic carbocycles. The molecule has 0 radical (unpaired) electrons. The summed E-state index contributed by atoms with van der Waals surface area (Å²) < 4.78 is 41.9. The van der Waals surface area contributed by atoms with Gasteiger partial charge in [-0.2, -0.15) is 8.78 Å². The highest BCUT2D eigenvalue weighted by atomic mass is 19.3. The van der Waals surface area contributed by atoms with Gasteiger partial charge in [0, 0.05) is 5.56 Å². The lowest BCUT2D eigenvalue weighted by molar-refractivity contribution is -0.0510. The molecule has 0 spiro atoms. The Morgan fingerprint density at radius 1 is 1.20 bits per heavy atom. The molecule has 0 heterocycles. The van der Waals surface area contributed by atoms with Gasteiger partial charge >= 0.3 is 6.61 Å². The van der Waals surface area contributed by atoms with Crippen molar-refractivity contribution in [2.75, 3.05) is 0 Å². The minimum Gasteiger partial charge on any atom is -0.434 e. The molecule has 0 aromatic heterocycles. The van der Waals surface area contributed by atoms with Gasteiger partial charge < -0.3 is 4.74 Å². The topological polar surface area (TPSA) is 9.23 Å². The summed E-state index contributed by atoms with van der Waals surface area (Å²) in [7, 11) is 0. The van der Waals surface area contributed by atoms with Crippen LogP contribution in [0.2, 0.25) is 0 Å². The summed E-state index contributed by atoms with van der Waals surface area (Å²) in [5.74, 6) is -0.627. The molecule has 0 aliphatic carbocycles. The number of ether oxygens (including phenoxy) is 1. The predicted octanol–water partition coefficient (Wildman–Crippen LogP) is 3.72. The molecule has 0 aliphatic heterocycles. The van der Waals surface area contributed by atoms with Crippen LogP contribution >= 0.6 is 0 Å². The Morgan fingerprint density at radius 3 is 2.27 bits per heavy atom. The summed E-state index contributed by atoms with van der Waals surface area (Å²) in [6.07, 6.45) is 0. The summed E-state index contributed by atoms with van der Waals surface area (Å²) in [5.41, 5.74) is -0.402. The maximum Gasteiger partial charge on any atom is 0.387 e. The number of alkyl halides is 2. The lowest BCUT2D eigenvalue weighted by Gasteiger charge is -2.22. The quantitative estimate of drug-likeness (QED) is 0.735. The fourth-order valence-corrected chi connectivity index (χ4v) is 1.43. The average Bonchev–Trinajstić information content (AvgIpc) is 1.99. The molecular formula is C11H13F3O. The first-order valence-electron chi connectivity index (χ1n) is 4.56. The molecule has 0 fully saturated rings. The van der Waals surface area contributed by atoms with E-state index in [4.69, 9.17) is 0 Å². The van der Waals surface area contributed by atoms with Crippen molar-refractivity contribution in [3.8, 4) is 5.75 Å². The van der Waals surface area contributed by atoms with E-state index in [2.05, 4.69) is 4.74 Å². The van der Waals surface area contributed by atoms with E-state index in [1.807, 2.05) is 0 Å². The van der Waals surface area contributed by atoms with Crippen LogP contribution < -0.4 is 4.74 Å². The van der Waals surface area contributed by atoms with Crippen molar-refractivity contribution in [1.82, 2.24) is 0 Å². The molecule has 84 valence electrons. The third-order valence-corrected chi connectivity index (χ3v) is 1.94. The van der Waals surface area contributed by atoms with E-state index in [1.165, 1.54) is 18.2 Å². The van der Waals surface area contributed by atoms with Crippen LogP contribution in [0.15, 0.2) is 18.2 Å². The monoisotopic (exact) mass is 218 g/mol. The first kappa shape index (κ1) is 11.9. The molecule has 0 N–H and O–H groups in total. The molecule has 0 atom stereocenters. The van der Waals surface area contributed by atoms with Gasteiger partial charge in [0.2, 0.25) is 0 Å². The van der Waals surface area contributed by atoms with E-state index in [9.17, 15) is 13.2 Å². The van der Waals surface area contributed by atoms with Crippen molar-refractivity contribution in [3.05, 3.63) is 29.6 Å². The van der Waals surface area contributed by atoms with Gasteiger partial charge in [-0.15, -0.1) is 0 Å². The molecule has 4 heteroatoms. The van der Waals surface area contributed by atoms with Crippen LogP contribution in [-0.2, 0) is 5.41 Å². The zero-order valence-electron chi connectivity index (χ0n) is 8.85. The molecule has 0 unspecified atom stereocenters. The zero-order chi connectivity index (χ0) is 11.6. The van der Waals surface area contributed by atoms with E-state index >= 15 is 0 Å². The normalized spacial score (nSPS) is 11.9. The predicted molar refractivity (Wildman–Crippen MR) is 51.7 cm³/mol. The number of rotatable bonds is 2. The second-order valence-electron chi connectivity index (χ2n) is 4.24. The fraction of sp³-hybridized carbons (Fsp3) is 0.455. The summed E-state index contributed by atoms with van der Waals surface area (Å²) in [4.78, 5) is 0. The SMILES string of the molecule is CC(C)(C)c1c(F)cccc1OC(F)F. The van der Waals surface area contributed by atoms with Gasteiger partial charge in [-0.1, -0.05) is 26.8 Å². The van der Waals surface area contributed by atoms with Crippen LogP contribution in [0.4, 0.5) is 13.2 Å². The molecule has 0 aliphatic rings. The van der Waals surface area contributed by atoms with Gasteiger partial charge in [0.25, 0.3) is 0 Å². The van der Waals surface area contributed by atoms with Crippen molar-refractivity contribution in [2.24, 2.45) is 0 Å². The summed E-state index contributed by atoms with van der Waals surface area (Å²) >= 11 is 0. The first-order chi connectivity index (χ1) is 6.82. The first-order valence-corrected chi connectivity index (χ1v) is 4.56. The van der Waals surface area contributed by atoms with E-state index < -0.39 is 17.8 Å². The molecule has 0 saturated carbocycles. The summed E-state index contributed by atoms with van der Waals surface area (Å²) in [5, 5.41) is 0. The number of hydrogen-bond acceptors (Lipinski definition) is 1. The highest BCUT2D eigenvalue weighted by Gasteiger charge is 2.24. The Bertz CT molecular complexity index is 342. The van der Waals surface area contributed by atoms with Gasteiger partial charge in [0.15, 0.2) is 0 Å². The van der Waals surface area contributed by atoms with Crippen LogP contribution in [0.1, 0.15) is 26.3 Å². The molecular weight excluding hydrogens is 205 g/mol. The summed E-state index contributed by atoms with van der Waals surface area (Å²) in [6.45, 7) is 2.28. The van der Waals surface area contributed by atoms with Crippen molar-refractivity contribution < 1.29 is 17.9 Å². The number of hydrogen-bond donors (Lipinski definition) is 0. The van der Waals surface area contributed by atoms with Crippen molar-refractivity contribution in [3.63, 3.8) is 0 Å². The van der Waals surface area contributed by atoms with Gasteiger partial charge in [-0.3, -0.25) is 0 Å².